The van der Waals surface area contributed by atoms with Gasteiger partial charge in [-0.2, -0.15) is 0 Å². The molecule has 5 heteroatoms. The Hall–Kier alpha value is -1.68. The van der Waals surface area contributed by atoms with Gasteiger partial charge in [0.15, 0.2) is 0 Å². The summed E-state index contributed by atoms with van der Waals surface area (Å²) in [5.74, 6) is 0.398. The molecule has 2 rings (SSSR count). The van der Waals surface area contributed by atoms with Crippen LogP contribution in [-0.4, -0.2) is 16.0 Å². The number of nitrogens with zero attached hydrogens (tertiary/aromatic N) is 2. The SMILES string of the molecule is C[C@@H](Cc1ccccc1F)Nc1cncc(Cl)n1. The summed E-state index contributed by atoms with van der Waals surface area (Å²) < 4.78 is 13.5. The molecule has 94 valence electrons. The van der Waals surface area contributed by atoms with Gasteiger partial charge in [0.2, 0.25) is 0 Å². The fourth-order valence-corrected chi connectivity index (χ4v) is 1.86. The van der Waals surface area contributed by atoms with Crippen LogP contribution >= 0.6 is 11.6 Å². The standard InChI is InChI=1S/C13H13ClFN3/c1-9(6-10-4-2-3-5-11(10)15)17-13-8-16-7-12(14)18-13/h2-5,7-9H,6H2,1H3,(H,17,18)/t9-/m0/s1. The van der Waals surface area contributed by atoms with Gasteiger partial charge in [0.05, 0.1) is 12.4 Å². The van der Waals surface area contributed by atoms with Crippen LogP contribution in [0.15, 0.2) is 36.7 Å². The quantitative estimate of drug-likeness (QED) is 0.922. The van der Waals surface area contributed by atoms with Gasteiger partial charge in [0.25, 0.3) is 0 Å². The maximum absolute atomic E-state index is 13.5. The van der Waals surface area contributed by atoms with E-state index in [9.17, 15) is 4.39 Å². The molecule has 3 nitrogen and oxygen atoms in total. The summed E-state index contributed by atoms with van der Waals surface area (Å²) >= 11 is 5.74. The number of benzene rings is 1. The smallest absolute Gasteiger partial charge is 0.149 e. The van der Waals surface area contributed by atoms with Gasteiger partial charge in [-0.25, -0.2) is 9.37 Å². The van der Waals surface area contributed by atoms with Gasteiger partial charge in [0.1, 0.15) is 16.8 Å². The molecule has 0 aliphatic rings. The van der Waals surface area contributed by atoms with Crippen molar-refractivity contribution in [2.45, 2.75) is 19.4 Å². The van der Waals surface area contributed by atoms with Gasteiger partial charge < -0.3 is 5.32 Å². The fourth-order valence-electron chi connectivity index (χ4n) is 1.71. The zero-order valence-corrected chi connectivity index (χ0v) is 10.7. The van der Waals surface area contributed by atoms with Gasteiger partial charge in [-0.05, 0) is 25.0 Å². The molecule has 1 aromatic carbocycles. The Morgan fingerprint density at radius 1 is 1.33 bits per heavy atom. The van der Waals surface area contributed by atoms with Crippen LogP contribution in [0.5, 0.6) is 0 Å². The molecule has 1 aromatic heterocycles. The Morgan fingerprint density at radius 2 is 2.11 bits per heavy atom. The summed E-state index contributed by atoms with van der Waals surface area (Å²) in [6.45, 7) is 1.95. The normalized spacial score (nSPS) is 12.2. The maximum Gasteiger partial charge on any atom is 0.149 e. The van der Waals surface area contributed by atoms with E-state index in [-0.39, 0.29) is 11.9 Å². The second-order valence-electron chi connectivity index (χ2n) is 4.07. The van der Waals surface area contributed by atoms with Crippen molar-refractivity contribution in [3.63, 3.8) is 0 Å². The van der Waals surface area contributed by atoms with Crippen molar-refractivity contribution in [2.24, 2.45) is 0 Å². The lowest BCUT2D eigenvalue weighted by Gasteiger charge is -2.14. The number of anilines is 1. The molecule has 0 fully saturated rings. The molecule has 0 spiro atoms. The van der Waals surface area contributed by atoms with E-state index in [1.54, 1.807) is 18.3 Å². The highest BCUT2D eigenvalue weighted by Crippen LogP contribution is 2.13. The molecule has 0 radical (unpaired) electrons. The van der Waals surface area contributed by atoms with E-state index in [4.69, 9.17) is 11.6 Å². The molecule has 1 N–H and O–H groups in total. The zero-order valence-electron chi connectivity index (χ0n) is 9.90. The summed E-state index contributed by atoms with van der Waals surface area (Å²) in [7, 11) is 0. The van der Waals surface area contributed by atoms with Crippen molar-refractivity contribution < 1.29 is 4.39 Å². The highest BCUT2D eigenvalue weighted by Gasteiger charge is 2.08. The molecule has 0 bridgehead atoms. The monoisotopic (exact) mass is 265 g/mol. The lowest BCUT2D eigenvalue weighted by molar-refractivity contribution is 0.601. The van der Waals surface area contributed by atoms with Crippen LogP contribution in [-0.2, 0) is 6.42 Å². The Kier molecular flexibility index (Phi) is 4.10. The molecule has 18 heavy (non-hydrogen) atoms. The second-order valence-corrected chi connectivity index (χ2v) is 4.46. The maximum atomic E-state index is 13.5. The molecular formula is C13H13ClFN3. The van der Waals surface area contributed by atoms with E-state index < -0.39 is 0 Å². The predicted molar refractivity (Wildman–Crippen MR) is 70.2 cm³/mol. The molecule has 1 atom stereocenters. The van der Waals surface area contributed by atoms with Crippen LogP contribution in [0, 0.1) is 5.82 Å². The molecule has 0 saturated carbocycles. The van der Waals surface area contributed by atoms with Crippen LogP contribution in [0.25, 0.3) is 0 Å². The summed E-state index contributed by atoms with van der Waals surface area (Å²) in [6.07, 6.45) is 3.62. The third-order valence-electron chi connectivity index (χ3n) is 2.48. The van der Waals surface area contributed by atoms with Gasteiger partial charge in [-0.3, -0.25) is 4.98 Å². The van der Waals surface area contributed by atoms with Crippen LogP contribution in [0.1, 0.15) is 12.5 Å². The fraction of sp³-hybridized carbons (Fsp3) is 0.231. The lowest BCUT2D eigenvalue weighted by Crippen LogP contribution is -2.19. The molecule has 0 aliphatic heterocycles. The van der Waals surface area contributed by atoms with Gasteiger partial charge in [-0.15, -0.1) is 0 Å². The van der Waals surface area contributed by atoms with Crippen molar-refractivity contribution in [1.29, 1.82) is 0 Å². The first-order valence-electron chi connectivity index (χ1n) is 5.62. The highest BCUT2D eigenvalue weighted by atomic mass is 35.5. The van der Waals surface area contributed by atoms with Crippen LogP contribution < -0.4 is 5.32 Å². The average Bonchev–Trinajstić information content (AvgIpc) is 2.32. The lowest BCUT2D eigenvalue weighted by atomic mass is 10.1. The number of hydrogen-bond donors (Lipinski definition) is 1. The topological polar surface area (TPSA) is 37.8 Å². The minimum atomic E-state index is -0.191. The summed E-state index contributed by atoms with van der Waals surface area (Å²) in [4.78, 5) is 8.01. The predicted octanol–water partition coefficient (Wildman–Crippen LogP) is 3.31. The van der Waals surface area contributed by atoms with Crippen LogP contribution in [0.2, 0.25) is 5.15 Å². The number of rotatable bonds is 4. The Labute approximate surface area is 110 Å². The summed E-state index contributed by atoms with van der Waals surface area (Å²) in [6, 6.07) is 6.77. The van der Waals surface area contributed by atoms with Gasteiger partial charge >= 0.3 is 0 Å². The first-order valence-corrected chi connectivity index (χ1v) is 6.00. The van der Waals surface area contributed by atoms with Crippen LogP contribution in [0.3, 0.4) is 0 Å². The average molecular weight is 266 g/mol. The minimum Gasteiger partial charge on any atom is -0.366 e. The molecule has 1 heterocycles. The van der Waals surface area contributed by atoms with Crippen LogP contribution in [0.4, 0.5) is 10.2 Å². The summed E-state index contributed by atoms with van der Waals surface area (Å²) in [5, 5.41) is 3.47. The Morgan fingerprint density at radius 3 is 2.83 bits per heavy atom. The van der Waals surface area contributed by atoms with E-state index in [0.29, 0.717) is 23.0 Å². The third-order valence-corrected chi connectivity index (χ3v) is 2.67. The number of halogens is 2. The van der Waals surface area contributed by atoms with E-state index in [0.717, 1.165) is 0 Å². The number of nitrogens with one attached hydrogen (secondary N) is 1. The van der Waals surface area contributed by atoms with Crippen molar-refractivity contribution in [1.82, 2.24) is 9.97 Å². The van der Waals surface area contributed by atoms with E-state index in [1.807, 2.05) is 13.0 Å². The van der Waals surface area contributed by atoms with E-state index in [1.165, 1.54) is 12.3 Å². The van der Waals surface area contributed by atoms with Gasteiger partial charge in [0, 0.05) is 6.04 Å². The zero-order chi connectivity index (χ0) is 13.0. The largest absolute Gasteiger partial charge is 0.366 e. The molecule has 0 aliphatic carbocycles. The first-order chi connectivity index (χ1) is 8.65. The van der Waals surface area contributed by atoms with Crippen molar-refractivity contribution >= 4 is 17.4 Å². The summed E-state index contributed by atoms with van der Waals surface area (Å²) in [5.41, 5.74) is 0.674. The first kappa shape index (κ1) is 12.8. The molecule has 0 amide bonds. The van der Waals surface area contributed by atoms with Gasteiger partial charge in [-0.1, -0.05) is 29.8 Å². The van der Waals surface area contributed by atoms with Crippen molar-refractivity contribution in [3.8, 4) is 0 Å². The van der Waals surface area contributed by atoms with E-state index >= 15 is 0 Å². The third kappa shape index (κ3) is 3.40. The Balaban J connectivity index is 2.01. The Bertz CT molecular complexity index is 533. The molecule has 2 aromatic rings. The second kappa shape index (κ2) is 5.78. The number of aromatic nitrogens is 2. The minimum absolute atomic E-state index is 0.0367. The van der Waals surface area contributed by atoms with E-state index in [2.05, 4.69) is 15.3 Å². The number of hydrogen-bond acceptors (Lipinski definition) is 3. The molecule has 0 unspecified atom stereocenters. The molecule has 0 saturated heterocycles. The van der Waals surface area contributed by atoms with Crippen molar-refractivity contribution in [3.05, 3.63) is 53.2 Å². The highest BCUT2D eigenvalue weighted by molar-refractivity contribution is 6.29. The molecular weight excluding hydrogens is 253 g/mol. The van der Waals surface area contributed by atoms with Crippen molar-refractivity contribution in [2.75, 3.05) is 5.32 Å².